The highest BCUT2D eigenvalue weighted by atomic mass is 19.1. The van der Waals surface area contributed by atoms with E-state index in [1.165, 1.54) is 6.07 Å². The van der Waals surface area contributed by atoms with Crippen molar-refractivity contribution < 1.29 is 13.5 Å². The van der Waals surface area contributed by atoms with Crippen molar-refractivity contribution in [3.8, 4) is 34.3 Å². The van der Waals surface area contributed by atoms with Gasteiger partial charge < -0.3 is 14.5 Å². The number of oxazole rings is 1. The fraction of sp³-hybridized carbons (Fsp3) is 0.0333. The minimum atomic E-state index is -0.405. The molecule has 0 spiro atoms. The second kappa shape index (κ2) is 9.91. The predicted octanol–water partition coefficient (Wildman–Crippen LogP) is 7.50. The van der Waals surface area contributed by atoms with Gasteiger partial charge in [-0.2, -0.15) is 4.98 Å². The fourth-order valence-electron chi connectivity index (χ4n) is 3.88. The van der Waals surface area contributed by atoms with Gasteiger partial charge in [0.05, 0.1) is 0 Å². The Balaban J connectivity index is 1.28. The Kier molecular flexibility index (Phi) is 6.01. The summed E-state index contributed by atoms with van der Waals surface area (Å²) in [5.41, 5.74) is 3.68. The molecule has 180 valence electrons. The molecule has 4 aromatic carbocycles. The number of benzene rings is 4. The van der Waals surface area contributed by atoms with Crippen LogP contribution >= 0.6 is 0 Å². The Bertz CT molecular complexity index is 1650. The van der Waals surface area contributed by atoms with Crippen LogP contribution in [-0.2, 0) is 6.54 Å². The van der Waals surface area contributed by atoms with Gasteiger partial charge in [-0.3, -0.25) is 0 Å². The first-order valence-electron chi connectivity index (χ1n) is 11.8. The summed E-state index contributed by atoms with van der Waals surface area (Å²) in [7, 11) is 0. The first-order chi connectivity index (χ1) is 18.2. The molecule has 0 atom stereocenters. The molecule has 0 aliphatic carbocycles. The number of hydrogen-bond donors (Lipinski definition) is 1. The van der Waals surface area contributed by atoms with Gasteiger partial charge in [-0.05, 0) is 42.0 Å². The van der Waals surface area contributed by atoms with E-state index in [1.54, 1.807) is 30.3 Å². The Labute approximate surface area is 212 Å². The highest BCUT2D eigenvalue weighted by molar-refractivity contribution is 5.84. The highest BCUT2D eigenvalue weighted by Crippen LogP contribution is 2.30. The summed E-state index contributed by atoms with van der Waals surface area (Å²) in [5, 5.41) is 3.37. The first kappa shape index (κ1) is 22.4. The summed E-state index contributed by atoms with van der Waals surface area (Å²) in [5.74, 6) is 1.91. The van der Waals surface area contributed by atoms with Crippen LogP contribution in [0.25, 0.3) is 34.1 Å². The SMILES string of the molecule is Fc1ccccc1Oc1ccc(CNc2nc(-c3ccccc3)nc3nc(-c4ccccc4)oc23)cc1. The number of hydrogen-bond acceptors (Lipinski definition) is 6. The zero-order valence-electron chi connectivity index (χ0n) is 19.6. The van der Waals surface area contributed by atoms with Crippen LogP contribution in [-0.4, -0.2) is 15.0 Å². The van der Waals surface area contributed by atoms with Crippen molar-refractivity contribution in [2.45, 2.75) is 6.54 Å². The van der Waals surface area contributed by atoms with Crippen molar-refractivity contribution in [2.24, 2.45) is 0 Å². The average Bonchev–Trinajstić information content (AvgIpc) is 3.39. The third-order valence-corrected chi connectivity index (χ3v) is 5.75. The molecule has 37 heavy (non-hydrogen) atoms. The quantitative estimate of drug-likeness (QED) is 0.251. The van der Waals surface area contributed by atoms with Gasteiger partial charge in [0, 0.05) is 17.7 Å². The standard InChI is InChI=1S/C30H21FN4O2/c31-24-13-7-8-14-25(24)36-23-17-15-20(16-18-23)19-32-28-26-29(34-27(33-28)21-9-3-1-4-10-21)35-30(37-26)22-11-5-2-6-12-22/h1-18H,19H2,(H,32,33,34). The maximum Gasteiger partial charge on any atom is 0.229 e. The zero-order chi connectivity index (χ0) is 25.0. The highest BCUT2D eigenvalue weighted by Gasteiger charge is 2.17. The Morgan fingerprint density at radius 2 is 1.38 bits per heavy atom. The molecule has 0 bridgehead atoms. The molecule has 0 fully saturated rings. The maximum atomic E-state index is 13.9. The molecule has 6 aromatic rings. The molecule has 0 amide bonds. The van der Waals surface area contributed by atoms with Crippen LogP contribution in [0.5, 0.6) is 11.5 Å². The van der Waals surface area contributed by atoms with Crippen LogP contribution in [0, 0.1) is 5.82 Å². The Morgan fingerprint density at radius 3 is 2.11 bits per heavy atom. The second-order valence-electron chi connectivity index (χ2n) is 8.33. The lowest BCUT2D eigenvalue weighted by Gasteiger charge is -2.10. The van der Waals surface area contributed by atoms with E-state index >= 15 is 0 Å². The normalized spacial score (nSPS) is 10.9. The first-order valence-corrected chi connectivity index (χ1v) is 11.8. The number of anilines is 1. The van der Waals surface area contributed by atoms with Crippen molar-refractivity contribution in [2.75, 3.05) is 5.32 Å². The van der Waals surface area contributed by atoms with Gasteiger partial charge in [-0.1, -0.05) is 72.8 Å². The number of ether oxygens (including phenoxy) is 1. The van der Waals surface area contributed by atoms with E-state index in [9.17, 15) is 4.39 Å². The summed E-state index contributed by atoms with van der Waals surface area (Å²) < 4.78 is 25.7. The van der Waals surface area contributed by atoms with E-state index in [0.717, 1.165) is 16.7 Å². The summed E-state index contributed by atoms with van der Waals surface area (Å²) in [6, 6.07) is 33.2. The van der Waals surface area contributed by atoms with Gasteiger partial charge in [0.15, 0.2) is 23.2 Å². The molecular formula is C30H21FN4O2. The van der Waals surface area contributed by atoms with E-state index in [-0.39, 0.29) is 5.75 Å². The molecule has 2 heterocycles. The van der Waals surface area contributed by atoms with Crippen molar-refractivity contribution in [1.29, 1.82) is 0 Å². The van der Waals surface area contributed by atoms with E-state index < -0.39 is 5.82 Å². The number of nitrogens with one attached hydrogen (secondary N) is 1. The summed E-state index contributed by atoms with van der Waals surface area (Å²) in [4.78, 5) is 14.1. The molecule has 2 aromatic heterocycles. The van der Waals surface area contributed by atoms with Crippen molar-refractivity contribution in [3.05, 3.63) is 121 Å². The topological polar surface area (TPSA) is 73.1 Å². The molecule has 0 aliphatic heterocycles. The number of nitrogens with zero attached hydrogens (tertiary/aromatic N) is 3. The van der Waals surface area contributed by atoms with Crippen LogP contribution in [0.15, 0.2) is 114 Å². The maximum absolute atomic E-state index is 13.9. The van der Waals surface area contributed by atoms with Gasteiger partial charge >= 0.3 is 0 Å². The van der Waals surface area contributed by atoms with Crippen molar-refractivity contribution in [3.63, 3.8) is 0 Å². The van der Waals surface area contributed by atoms with Gasteiger partial charge in [-0.25, -0.2) is 14.4 Å². The smallest absolute Gasteiger partial charge is 0.229 e. The van der Waals surface area contributed by atoms with Gasteiger partial charge in [0.1, 0.15) is 5.75 Å². The number of fused-ring (bicyclic) bond motifs is 1. The number of aromatic nitrogens is 3. The molecule has 7 heteroatoms. The lowest BCUT2D eigenvalue weighted by atomic mass is 10.2. The van der Waals surface area contributed by atoms with Crippen LogP contribution in [0.4, 0.5) is 10.2 Å². The lowest BCUT2D eigenvalue weighted by Crippen LogP contribution is -2.04. The molecule has 0 saturated carbocycles. The van der Waals surface area contributed by atoms with E-state index in [1.807, 2.05) is 72.8 Å². The molecule has 0 unspecified atom stereocenters. The van der Waals surface area contributed by atoms with E-state index in [2.05, 4.69) is 15.3 Å². The average molecular weight is 489 g/mol. The third kappa shape index (κ3) is 4.88. The van der Waals surface area contributed by atoms with Crippen molar-refractivity contribution in [1.82, 2.24) is 15.0 Å². The van der Waals surface area contributed by atoms with Gasteiger partial charge in [0.25, 0.3) is 0 Å². The van der Waals surface area contributed by atoms with Crippen LogP contribution < -0.4 is 10.1 Å². The number of halogens is 1. The van der Waals surface area contributed by atoms with E-state index in [0.29, 0.717) is 41.1 Å². The Hall–Kier alpha value is -5.04. The molecule has 1 N–H and O–H groups in total. The van der Waals surface area contributed by atoms with Gasteiger partial charge in [0.2, 0.25) is 17.1 Å². The lowest BCUT2D eigenvalue weighted by molar-refractivity contribution is 0.442. The second-order valence-corrected chi connectivity index (χ2v) is 8.33. The third-order valence-electron chi connectivity index (χ3n) is 5.75. The zero-order valence-corrected chi connectivity index (χ0v) is 19.6. The summed E-state index contributed by atoms with van der Waals surface area (Å²) >= 11 is 0. The molecule has 6 rings (SSSR count). The molecule has 0 radical (unpaired) electrons. The van der Waals surface area contributed by atoms with Gasteiger partial charge in [-0.15, -0.1) is 0 Å². The van der Waals surface area contributed by atoms with Crippen LogP contribution in [0.1, 0.15) is 5.56 Å². The molecule has 6 nitrogen and oxygen atoms in total. The monoisotopic (exact) mass is 488 g/mol. The number of rotatable bonds is 7. The molecular weight excluding hydrogens is 467 g/mol. The number of para-hydroxylation sites is 1. The molecule has 0 aliphatic rings. The fourth-order valence-corrected chi connectivity index (χ4v) is 3.88. The summed E-state index contributed by atoms with van der Waals surface area (Å²) in [6.45, 7) is 0.474. The largest absolute Gasteiger partial charge is 0.454 e. The van der Waals surface area contributed by atoms with Crippen LogP contribution in [0.3, 0.4) is 0 Å². The minimum Gasteiger partial charge on any atom is -0.454 e. The Morgan fingerprint density at radius 1 is 0.703 bits per heavy atom. The predicted molar refractivity (Wildman–Crippen MR) is 141 cm³/mol. The van der Waals surface area contributed by atoms with Crippen molar-refractivity contribution >= 4 is 17.0 Å². The molecule has 0 saturated heterocycles. The van der Waals surface area contributed by atoms with E-state index in [4.69, 9.17) is 14.1 Å². The van der Waals surface area contributed by atoms with Crippen LogP contribution in [0.2, 0.25) is 0 Å². The summed E-state index contributed by atoms with van der Waals surface area (Å²) in [6.07, 6.45) is 0. The minimum absolute atomic E-state index is 0.185.